The summed E-state index contributed by atoms with van der Waals surface area (Å²) in [6, 6.07) is 0. The summed E-state index contributed by atoms with van der Waals surface area (Å²) in [5.41, 5.74) is -2.82. The number of hydrogen-bond donors (Lipinski definition) is 6. The molecule has 55 heavy (non-hydrogen) atoms. The summed E-state index contributed by atoms with van der Waals surface area (Å²) in [6.45, 7) is 22.5. The molecule has 6 N–H and O–H groups in total. The van der Waals surface area contributed by atoms with Crippen LogP contribution in [0.5, 0.6) is 0 Å². The molecule has 0 rings (SSSR count). The molecule has 18 nitrogen and oxygen atoms in total. The minimum atomic E-state index is -1.88. The number of unbranched alkanes of at least 4 members (excludes halogenated alkanes) is 4. The van der Waals surface area contributed by atoms with E-state index in [4.69, 9.17) is 18.9 Å². The minimum Gasteiger partial charge on any atom is -0.444 e. The van der Waals surface area contributed by atoms with Gasteiger partial charge in [0, 0.05) is 39.3 Å². The van der Waals surface area contributed by atoms with Crippen LogP contribution in [0.15, 0.2) is 4.99 Å². The molecule has 0 bridgehead atoms. The van der Waals surface area contributed by atoms with Crippen molar-refractivity contribution in [2.75, 3.05) is 39.3 Å². The number of alkyl carbamates (subject to hydrolysis) is 3. The van der Waals surface area contributed by atoms with Gasteiger partial charge < -0.3 is 44.9 Å². The van der Waals surface area contributed by atoms with Gasteiger partial charge >= 0.3 is 24.4 Å². The number of guanidine groups is 1. The van der Waals surface area contributed by atoms with E-state index >= 15 is 0 Å². The first-order valence-corrected chi connectivity index (χ1v) is 18.9. The van der Waals surface area contributed by atoms with E-state index in [1.165, 1.54) is 4.90 Å². The highest BCUT2D eigenvalue weighted by atomic mass is 16.6. The fraction of sp³-hybridized carbons (Fsp3) is 0.811. The van der Waals surface area contributed by atoms with Crippen LogP contribution in [0.2, 0.25) is 0 Å². The fourth-order valence-corrected chi connectivity index (χ4v) is 4.25. The lowest BCUT2D eigenvalue weighted by atomic mass is 10.2. The molecule has 1 atom stereocenters. The number of rotatable bonds is 18. The maximum atomic E-state index is 12.7. The topological polar surface area (TPSA) is 235 Å². The number of carbonyl (C=O) groups excluding carboxylic acids is 6. The Kier molecular flexibility index (Phi) is 22.3. The Balaban J connectivity index is 4.60. The standard InChI is InChI=1S/C37H69N7O11/c1-34(2,3)52-30(48)41-23-19-25-44(33(51)55-37(10,11)12)24-18-17-21-39-28(47)26(45)27(46)38-20-15-13-14-16-22-40-29(42-31(49)53-35(4,5)6)43-32(50)54-36(7,8)9/h26,45H,13-25H2,1-12H3,(H,38,46)(H,39,47)(H,41,48)(H2,40,42,43,49,50). The highest BCUT2D eigenvalue weighted by Gasteiger charge is 2.25. The molecule has 0 spiro atoms. The van der Waals surface area contributed by atoms with Crippen LogP contribution in [0.25, 0.3) is 0 Å². The molecule has 318 valence electrons. The SMILES string of the molecule is CC(C)(C)OC(=O)NCCCN(CCCCNC(=O)C(O)C(=O)NCCCCCCN=C(NC(=O)OC(C)(C)C)NC(=O)OC(C)(C)C)C(=O)OC(C)(C)C. The van der Waals surface area contributed by atoms with E-state index in [9.17, 15) is 33.9 Å². The van der Waals surface area contributed by atoms with Gasteiger partial charge in [-0.05, 0) is 115 Å². The van der Waals surface area contributed by atoms with Crippen LogP contribution in [0.4, 0.5) is 19.2 Å². The van der Waals surface area contributed by atoms with E-state index in [-0.39, 0.29) is 25.6 Å². The van der Waals surface area contributed by atoms with Crippen molar-refractivity contribution < 1.29 is 52.8 Å². The molecule has 0 aromatic rings. The van der Waals surface area contributed by atoms with Crippen LogP contribution in [-0.4, -0.2) is 120 Å². The first-order chi connectivity index (χ1) is 25.2. The zero-order chi connectivity index (χ0) is 42.5. The Bertz CT molecular complexity index is 1230. The van der Waals surface area contributed by atoms with Crippen molar-refractivity contribution in [1.82, 2.24) is 31.5 Å². The number of aliphatic hydroxyl groups is 1. The smallest absolute Gasteiger partial charge is 0.414 e. The number of aliphatic imine (C=N–C) groups is 1. The average Bonchev–Trinajstić information content (AvgIpc) is 2.98. The van der Waals surface area contributed by atoms with Crippen molar-refractivity contribution in [3.05, 3.63) is 0 Å². The van der Waals surface area contributed by atoms with Crippen LogP contribution in [-0.2, 0) is 28.5 Å². The third kappa shape index (κ3) is 29.7. The number of ether oxygens (including phenoxy) is 4. The normalized spacial score (nSPS) is 12.3. The molecule has 0 heterocycles. The molecule has 0 fully saturated rings. The van der Waals surface area contributed by atoms with Gasteiger partial charge in [-0.25, -0.2) is 19.2 Å². The average molecular weight is 788 g/mol. The largest absolute Gasteiger partial charge is 0.444 e. The van der Waals surface area contributed by atoms with Crippen LogP contribution in [0, 0.1) is 0 Å². The van der Waals surface area contributed by atoms with E-state index in [2.05, 4.69) is 31.6 Å². The van der Waals surface area contributed by atoms with Gasteiger partial charge in [-0.3, -0.25) is 25.2 Å². The number of aliphatic hydroxyl groups excluding tert-OH is 1. The van der Waals surface area contributed by atoms with Crippen molar-refractivity contribution in [3.8, 4) is 0 Å². The van der Waals surface area contributed by atoms with Gasteiger partial charge in [-0.2, -0.15) is 0 Å². The molecule has 6 amide bonds. The van der Waals surface area contributed by atoms with Crippen molar-refractivity contribution >= 4 is 42.1 Å². The lowest BCUT2D eigenvalue weighted by molar-refractivity contribution is -0.141. The molecule has 0 saturated carbocycles. The molecular weight excluding hydrogens is 718 g/mol. The third-order valence-corrected chi connectivity index (χ3v) is 6.47. The molecule has 0 aliphatic rings. The number of nitrogens with one attached hydrogen (secondary N) is 5. The summed E-state index contributed by atoms with van der Waals surface area (Å²) in [7, 11) is 0. The molecule has 0 aliphatic carbocycles. The monoisotopic (exact) mass is 788 g/mol. The molecule has 0 saturated heterocycles. The lowest BCUT2D eigenvalue weighted by Gasteiger charge is -2.27. The first-order valence-electron chi connectivity index (χ1n) is 18.9. The van der Waals surface area contributed by atoms with Gasteiger partial charge in [0.1, 0.15) is 22.4 Å². The third-order valence-electron chi connectivity index (χ3n) is 6.47. The number of carbonyl (C=O) groups is 6. The van der Waals surface area contributed by atoms with Crippen LogP contribution >= 0.6 is 0 Å². The Labute approximate surface area is 326 Å². The zero-order valence-corrected chi connectivity index (χ0v) is 35.2. The lowest BCUT2D eigenvalue weighted by Crippen LogP contribution is -2.47. The second-order valence-electron chi connectivity index (χ2n) is 16.8. The summed E-state index contributed by atoms with van der Waals surface area (Å²) >= 11 is 0. The minimum absolute atomic E-state index is 0.104. The van der Waals surface area contributed by atoms with E-state index in [0.717, 1.165) is 0 Å². The highest BCUT2D eigenvalue weighted by Crippen LogP contribution is 2.12. The molecule has 0 radical (unpaired) electrons. The van der Waals surface area contributed by atoms with Gasteiger partial charge in [-0.1, -0.05) is 12.8 Å². The zero-order valence-electron chi connectivity index (χ0n) is 35.2. The van der Waals surface area contributed by atoms with Crippen LogP contribution in [0.1, 0.15) is 128 Å². The molecule has 0 aromatic carbocycles. The number of nitrogens with zero attached hydrogens (tertiary/aromatic N) is 2. The Morgan fingerprint density at radius 1 is 0.527 bits per heavy atom. The second kappa shape index (κ2) is 24.2. The summed E-state index contributed by atoms with van der Waals surface area (Å²) in [6.07, 6.45) is -0.438. The summed E-state index contributed by atoms with van der Waals surface area (Å²) in [4.78, 5) is 79.5. The first kappa shape index (κ1) is 50.6. The molecular formula is C37H69N7O11. The van der Waals surface area contributed by atoms with Crippen LogP contribution < -0.4 is 26.6 Å². The summed E-state index contributed by atoms with van der Waals surface area (Å²) < 4.78 is 21.2. The van der Waals surface area contributed by atoms with Crippen molar-refractivity contribution in [2.24, 2.45) is 4.99 Å². The van der Waals surface area contributed by atoms with Crippen molar-refractivity contribution in [2.45, 2.75) is 157 Å². The maximum Gasteiger partial charge on any atom is 0.414 e. The molecule has 0 aromatic heterocycles. The quantitative estimate of drug-likeness (QED) is 0.0373. The number of hydrogen-bond acceptors (Lipinski definition) is 12. The Hall–Kier alpha value is -4.35. The van der Waals surface area contributed by atoms with Crippen LogP contribution in [0.3, 0.4) is 0 Å². The second-order valence-corrected chi connectivity index (χ2v) is 16.8. The van der Waals surface area contributed by atoms with Gasteiger partial charge in [0.05, 0.1) is 0 Å². The maximum absolute atomic E-state index is 12.7. The van der Waals surface area contributed by atoms with Gasteiger partial charge in [-0.15, -0.1) is 0 Å². The molecule has 1 unspecified atom stereocenters. The van der Waals surface area contributed by atoms with Crippen molar-refractivity contribution in [1.29, 1.82) is 0 Å². The Morgan fingerprint density at radius 3 is 1.40 bits per heavy atom. The van der Waals surface area contributed by atoms with Gasteiger partial charge in [0.15, 0.2) is 0 Å². The van der Waals surface area contributed by atoms with E-state index in [1.807, 2.05) is 0 Å². The van der Waals surface area contributed by atoms with Gasteiger partial charge in [0.2, 0.25) is 12.1 Å². The van der Waals surface area contributed by atoms with E-state index in [1.54, 1.807) is 83.1 Å². The highest BCUT2D eigenvalue weighted by molar-refractivity contribution is 6.03. The fourth-order valence-electron chi connectivity index (χ4n) is 4.25. The van der Waals surface area contributed by atoms with Gasteiger partial charge in [0.25, 0.3) is 11.8 Å². The predicted octanol–water partition coefficient (Wildman–Crippen LogP) is 4.48. The summed E-state index contributed by atoms with van der Waals surface area (Å²) in [5.74, 6) is -1.75. The van der Waals surface area contributed by atoms with E-state index in [0.29, 0.717) is 64.6 Å². The van der Waals surface area contributed by atoms with Crippen molar-refractivity contribution in [3.63, 3.8) is 0 Å². The van der Waals surface area contributed by atoms with E-state index < -0.39 is 64.7 Å². The predicted molar refractivity (Wildman–Crippen MR) is 207 cm³/mol. The molecule has 0 aliphatic heterocycles. The molecule has 18 heteroatoms. The number of amides is 6. The Morgan fingerprint density at radius 2 is 0.927 bits per heavy atom. The summed E-state index contributed by atoms with van der Waals surface area (Å²) in [5, 5.41) is 22.8.